The Hall–Kier alpha value is -2.67. The number of ether oxygens (including phenoxy) is 2. The third kappa shape index (κ3) is 3.47. The highest BCUT2D eigenvalue weighted by Gasteiger charge is 2.31. The van der Waals surface area contributed by atoms with Crippen molar-refractivity contribution in [2.24, 2.45) is 0 Å². The zero-order valence-corrected chi connectivity index (χ0v) is 15.4. The van der Waals surface area contributed by atoms with Crippen LogP contribution in [0.2, 0.25) is 0 Å². The Kier molecular flexibility index (Phi) is 4.94. The Balaban J connectivity index is 1.48. The Morgan fingerprint density at radius 3 is 2.63 bits per heavy atom. The Labute approximate surface area is 157 Å². The summed E-state index contributed by atoms with van der Waals surface area (Å²) in [5.41, 5.74) is 1.37. The van der Waals surface area contributed by atoms with Gasteiger partial charge in [0.2, 0.25) is 0 Å². The molecule has 27 heavy (non-hydrogen) atoms. The van der Waals surface area contributed by atoms with Gasteiger partial charge >= 0.3 is 0 Å². The zero-order chi connectivity index (χ0) is 18.8. The number of benzene rings is 1. The van der Waals surface area contributed by atoms with Crippen molar-refractivity contribution in [1.82, 2.24) is 14.8 Å². The van der Waals surface area contributed by atoms with Crippen LogP contribution in [0.1, 0.15) is 23.2 Å². The van der Waals surface area contributed by atoms with Gasteiger partial charge in [-0.05, 0) is 37.1 Å². The van der Waals surface area contributed by atoms with E-state index in [-0.39, 0.29) is 17.9 Å². The van der Waals surface area contributed by atoms with E-state index in [1.807, 2.05) is 23.1 Å². The molecule has 1 unspecified atom stereocenters. The molecule has 1 atom stereocenters. The van der Waals surface area contributed by atoms with E-state index in [0.29, 0.717) is 44.1 Å². The lowest BCUT2D eigenvalue weighted by atomic mass is 10.1. The topological polar surface area (TPSA) is 72.0 Å². The van der Waals surface area contributed by atoms with Crippen molar-refractivity contribution in [2.45, 2.75) is 18.9 Å². The average Bonchev–Trinajstić information content (AvgIpc) is 3.27. The maximum atomic E-state index is 13.1. The number of carbonyl (C=O) groups is 2. The number of rotatable bonds is 3. The first-order valence-electron chi connectivity index (χ1n) is 9.30. The van der Waals surface area contributed by atoms with E-state index in [0.717, 1.165) is 23.7 Å². The minimum absolute atomic E-state index is 0.0418. The molecule has 142 valence electrons. The molecule has 0 saturated carbocycles. The van der Waals surface area contributed by atoms with Crippen LogP contribution in [0.3, 0.4) is 0 Å². The summed E-state index contributed by atoms with van der Waals surface area (Å²) in [6.45, 7) is 2.77. The minimum Gasteiger partial charge on any atom is -0.497 e. The average molecular weight is 369 g/mol. The van der Waals surface area contributed by atoms with Crippen LogP contribution in [0.5, 0.6) is 5.75 Å². The zero-order valence-electron chi connectivity index (χ0n) is 15.4. The molecule has 7 nitrogen and oxygen atoms in total. The summed E-state index contributed by atoms with van der Waals surface area (Å²) in [5.74, 6) is 0.704. The summed E-state index contributed by atoms with van der Waals surface area (Å²) in [6.07, 6.45) is 3.08. The van der Waals surface area contributed by atoms with E-state index in [2.05, 4.69) is 4.98 Å². The van der Waals surface area contributed by atoms with Crippen molar-refractivity contribution in [1.29, 1.82) is 0 Å². The van der Waals surface area contributed by atoms with Gasteiger partial charge in [0, 0.05) is 44.4 Å². The van der Waals surface area contributed by atoms with E-state index in [1.165, 1.54) is 0 Å². The molecule has 0 bridgehead atoms. The van der Waals surface area contributed by atoms with Gasteiger partial charge in [0.05, 0.1) is 18.2 Å². The van der Waals surface area contributed by atoms with E-state index in [4.69, 9.17) is 9.47 Å². The third-order valence-electron chi connectivity index (χ3n) is 5.26. The predicted octanol–water partition coefficient (Wildman–Crippen LogP) is 1.71. The number of piperazine rings is 1. The maximum Gasteiger partial charge on any atom is 0.254 e. The van der Waals surface area contributed by atoms with Gasteiger partial charge in [0.25, 0.3) is 11.8 Å². The monoisotopic (exact) mass is 369 g/mol. The maximum absolute atomic E-state index is 13.1. The summed E-state index contributed by atoms with van der Waals surface area (Å²) in [6, 6.07) is 7.27. The van der Waals surface area contributed by atoms with Crippen LogP contribution in [-0.4, -0.2) is 72.6 Å². The van der Waals surface area contributed by atoms with Gasteiger partial charge in [-0.2, -0.15) is 0 Å². The Bertz CT molecular complexity index is 855. The molecule has 2 saturated heterocycles. The van der Waals surface area contributed by atoms with Crippen molar-refractivity contribution >= 4 is 22.7 Å². The van der Waals surface area contributed by atoms with Gasteiger partial charge in [-0.1, -0.05) is 0 Å². The molecule has 2 fully saturated rings. The molecular weight excluding hydrogens is 346 g/mol. The molecule has 0 radical (unpaired) electrons. The fourth-order valence-corrected chi connectivity index (χ4v) is 3.72. The lowest BCUT2D eigenvalue weighted by molar-refractivity contribution is -0.142. The molecule has 2 aromatic rings. The second-order valence-electron chi connectivity index (χ2n) is 6.86. The summed E-state index contributed by atoms with van der Waals surface area (Å²) < 4.78 is 10.8. The molecule has 4 rings (SSSR count). The van der Waals surface area contributed by atoms with Crippen LogP contribution in [0.15, 0.2) is 30.5 Å². The van der Waals surface area contributed by atoms with E-state index in [1.54, 1.807) is 24.3 Å². The van der Waals surface area contributed by atoms with Crippen LogP contribution in [0.25, 0.3) is 10.9 Å². The second-order valence-corrected chi connectivity index (χ2v) is 6.86. The number of hydrogen-bond donors (Lipinski definition) is 0. The van der Waals surface area contributed by atoms with E-state index in [9.17, 15) is 9.59 Å². The van der Waals surface area contributed by atoms with Gasteiger partial charge in [-0.15, -0.1) is 0 Å². The number of hydrogen-bond acceptors (Lipinski definition) is 5. The molecule has 2 aliphatic rings. The van der Waals surface area contributed by atoms with Gasteiger partial charge in [0.1, 0.15) is 11.9 Å². The number of pyridine rings is 1. The fraction of sp³-hybridized carbons (Fsp3) is 0.450. The van der Waals surface area contributed by atoms with E-state index >= 15 is 0 Å². The number of amides is 2. The molecule has 2 aliphatic heterocycles. The third-order valence-corrected chi connectivity index (χ3v) is 5.26. The predicted molar refractivity (Wildman–Crippen MR) is 99.8 cm³/mol. The summed E-state index contributed by atoms with van der Waals surface area (Å²) in [4.78, 5) is 33.5. The Morgan fingerprint density at radius 2 is 1.93 bits per heavy atom. The first-order valence-corrected chi connectivity index (χ1v) is 9.30. The van der Waals surface area contributed by atoms with Crippen LogP contribution in [0.4, 0.5) is 0 Å². The number of aromatic nitrogens is 1. The van der Waals surface area contributed by atoms with Gasteiger partial charge < -0.3 is 19.3 Å². The largest absolute Gasteiger partial charge is 0.497 e. The van der Waals surface area contributed by atoms with Crippen LogP contribution in [-0.2, 0) is 9.53 Å². The van der Waals surface area contributed by atoms with Crippen molar-refractivity contribution in [3.63, 3.8) is 0 Å². The number of methoxy groups -OCH3 is 1. The highest BCUT2D eigenvalue weighted by atomic mass is 16.5. The lowest BCUT2D eigenvalue weighted by Crippen LogP contribution is -2.52. The quantitative estimate of drug-likeness (QED) is 0.824. The van der Waals surface area contributed by atoms with Crippen molar-refractivity contribution in [3.8, 4) is 5.75 Å². The van der Waals surface area contributed by atoms with Crippen molar-refractivity contribution in [3.05, 3.63) is 36.0 Å². The molecule has 0 aliphatic carbocycles. The number of nitrogens with zero attached hydrogens (tertiary/aromatic N) is 3. The first kappa shape index (κ1) is 17.7. The SMILES string of the molecule is COc1ccc2nccc(C(=O)N3CCN(C(=O)C4CCCO4)CC3)c2c1. The van der Waals surface area contributed by atoms with Crippen molar-refractivity contribution < 1.29 is 19.1 Å². The molecule has 2 amide bonds. The number of carbonyl (C=O) groups excluding carboxylic acids is 2. The van der Waals surface area contributed by atoms with E-state index < -0.39 is 0 Å². The molecular formula is C20H23N3O4. The highest BCUT2D eigenvalue weighted by Crippen LogP contribution is 2.24. The summed E-state index contributed by atoms with van der Waals surface area (Å²) in [7, 11) is 1.60. The standard InChI is InChI=1S/C20H23N3O4/c1-26-14-4-5-17-16(13-14)15(6-7-21-17)19(24)22-8-10-23(11-9-22)20(25)18-3-2-12-27-18/h4-7,13,18H,2-3,8-12H2,1H3. The molecule has 3 heterocycles. The van der Waals surface area contributed by atoms with Crippen LogP contribution < -0.4 is 4.74 Å². The first-order chi connectivity index (χ1) is 13.2. The fourth-order valence-electron chi connectivity index (χ4n) is 3.72. The summed E-state index contributed by atoms with van der Waals surface area (Å²) in [5, 5.41) is 0.778. The van der Waals surface area contributed by atoms with Gasteiger partial charge in [-0.3, -0.25) is 14.6 Å². The number of fused-ring (bicyclic) bond motifs is 1. The second kappa shape index (κ2) is 7.52. The van der Waals surface area contributed by atoms with Gasteiger partial charge in [0.15, 0.2) is 0 Å². The lowest BCUT2D eigenvalue weighted by Gasteiger charge is -2.35. The van der Waals surface area contributed by atoms with Gasteiger partial charge in [-0.25, -0.2) is 0 Å². The molecule has 0 spiro atoms. The Morgan fingerprint density at radius 1 is 1.15 bits per heavy atom. The van der Waals surface area contributed by atoms with Crippen LogP contribution >= 0.6 is 0 Å². The molecule has 0 N–H and O–H groups in total. The molecule has 7 heteroatoms. The molecule has 1 aromatic carbocycles. The normalized spacial score (nSPS) is 20.1. The minimum atomic E-state index is -0.302. The van der Waals surface area contributed by atoms with Crippen molar-refractivity contribution in [2.75, 3.05) is 39.9 Å². The highest BCUT2D eigenvalue weighted by molar-refractivity contribution is 6.06. The van der Waals surface area contributed by atoms with Crippen LogP contribution in [0, 0.1) is 0 Å². The summed E-state index contributed by atoms with van der Waals surface area (Å²) >= 11 is 0. The smallest absolute Gasteiger partial charge is 0.254 e. The molecule has 1 aromatic heterocycles.